The number of hydrogen-bond acceptors (Lipinski definition) is 3. The first-order valence-electron chi connectivity index (χ1n) is 8.92. The van der Waals surface area contributed by atoms with Crippen LogP contribution in [0.25, 0.3) is 0 Å². The second-order valence-electron chi connectivity index (χ2n) is 6.66. The number of benzene rings is 2. The third-order valence-corrected chi connectivity index (χ3v) is 5.15. The van der Waals surface area contributed by atoms with Gasteiger partial charge in [0.05, 0.1) is 0 Å². The van der Waals surface area contributed by atoms with Crippen molar-refractivity contribution in [3.8, 4) is 5.75 Å². The lowest BCUT2D eigenvalue weighted by molar-refractivity contribution is -0.118. The molecule has 26 heavy (non-hydrogen) atoms. The van der Waals surface area contributed by atoms with Crippen LogP contribution in [-0.2, 0) is 4.79 Å². The number of rotatable bonds is 5. The SMILES string of the molecule is Cc1ccc(NC(=O)COc2ccc(C(=S)N3CCCC3)cc2)cc1C. The van der Waals surface area contributed by atoms with Gasteiger partial charge in [0.15, 0.2) is 6.61 Å². The average molecular weight is 369 g/mol. The van der Waals surface area contributed by atoms with Gasteiger partial charge in [-0.25, -0.2) is 0 Å². The smallest absolute Gasteiger partial charge is 0.262 e. The minimum absolute atomic E-state index is 0.0250. The maximum atomic E-state index is 12.1. The van der Waals surface area contributed by atoms with E-state index in [1.54, 1.807) is 0 Å². The third-order valence-electron chi connectivity index (χ3n) is 4.66. The number of thiocarbonyl (C=S) groups is 1. The number of likely N-dealkylation sites (tertiary alicyclic amines) is 1. The van der Waals surface area contributed by atoms with Crippen molar-refractivity contribution in [2.24, 2.45) is 0 Å². The molecular weight excluding hydrogens is 344 g/mol. The summed E-state index contributed by atoms with van der Waals surface area (Å²) in [6, 6.07) is 13.5. The van der Waals surface area contributed by atoms with Gasteiger partial charge in [-0.15, -0.1) is 0 Å². The van der Waals surface area contributed by atoms with Gasteiger partial charge in [0.25, 0.3) is 5.91 Å². The topological polar surface area (TPSA) is 41.6 Å². The molecule has 0 atom stereocenters. The number of hydrogen-bond donors (Lipinski definition) is 1. The molecule has 2 aromatic carbocycles. The minimum atomic E-state index is -0.176. The van der Waals surface area contributed by atoms with Crippen molar-refractivity contribution in [1.82, 2.24) is 4.90 Å². The molecule has 3 rings (SSSR count). The van der Waals surface area contributed by atoms with Crippen molar-refractivity contribution in [3.63, 3.8) is 0 Å². The van der Waals surface area contributed by atoms with Crippen LogP contribution in [0.1, 0.15) is 29.5 Å². The van der Waals surface area contributed by atoms with Gasteiger partial charge in [0, 0.05) is 24.3 Å². The highest BCUT2D eigenvalue weighted by Crippen LogP contribution is 2.18. The average Bonchev–Trinajstić information content (AvgIpc) is 3.18. The zero-order chi connectivity index (χ0) is 18.5. The highest BCUT2D eigenvalue weighted by atomic mass is 32.1. The van der Waals surface area contributed by atoms with Crippen LogP contribution in [0.4, 0.5) is 5.69 Å². The lowest BCUT2D eigenvalue weighted by atomic mass is 10.1. The highest BCUT2D eigenvalue weighted by Gasteiger charge is 2.16. The molecular formula is C21H24N2O2S. The molecule has 0 radical (unpaired) electrons. The van der Waals surface area contributed by atoms with Gasteiger partial charge < -0.3 is 15.0 Å². The van der Waals surface area contributed by atoms with Gasteiger partial charge in [0.1, 0.15) is 10.7 Å². The number of nitrogens with zero attached hydrogens (tertiary/aromatic N) is 1. The first kappa shape index (κ1) is 18.4. The van der Waals surface area contributed by atoms with E-state index in [-0.39, 0.29) is 12.5 Å². The number of aryl methyl sites for hydroxylation is 2. The molecule has 0 unspecified atom stereocenters. The maximum absolute atomic E-state index is 12.1. The Morgan fingerprint density at radius 1 is 1.08 bits per heavy atom. The van der Waals surface area contributed by atoms with Crippen LogP contribution in [0, 0.1) is 13.8 Å². The van der Waals surface area contributed by atoms with Crippen LogP contribution in [0.2, 0.25) is 0 Å². The Balaban J connectivity index is 1.51. The Morgan fingerprint density at radius 3 is 2.42 bits per heavy atom. The quantitative estimate of drug-likeness (QED) is 0.807. The number of carbonyl (C=O) groups excluding carboxylic acids is 1. The molecule has 1 fully saturated rings. The van der Waals surface area contributed by atoms with E-state index in [4.69, 9.17) is 17.0 Å². The summed E-state index contributed by atoms with van der Waals surface area (Å²) in [6.07, 6.45) is 2.41. The van der Waals surface area contributed by atoms with Crippen LogP contribution < -0.4 is 10.1 Å². The Hall–Kier alpha value is -2.40. The molecule has 1 aliphatic rings. The highest BCUT2D eigenvalue weighted by molar-refractivity contribution is 7.80. The van der Waals surface area contributed by atoms with E-state index in [1.165, 1.54) is 18.4 Å². The molecule has 4 nitrogen and oxygen atoms in total. The Kier molecular flexibility index (Phi) is 5.89. The first-order chi connectivity index (χ1) is 12.5. The van der Waals surface area contributed by atoms with E-state index < -0.39 is 0 Å². The predicted octanol–water partition coefficient (Wildman–Crippen LogP) is 4.09. The largest absolute Gasteiger partial charge is 0.484 e. The van der Waals surface area contributed by atoms with Crippen LogP contribution in [0.5, 0.6) is 5.75 Å². The summed E-state index contributed by atoms with van der Waals surface area (Å²) in [5.74, 6) is 0.484. The van der Waals surface area contributed by atoms with Gasteiger partial charge in [-0.05, 0) is 74.2 Å². The van der Waals surface area contributed by atoms with E-state index >= 15 is 0 Å². The second kappa shape index (κ2) is 8.32. The van der Waals surface area contributed by atoms with Gasteiger partial charge in [-0.1, -0.05) is 18.3 Å². The minimum Gasteiger partial charge on any atom is -0.484 e. The van der Waals surface area contributed by atoms with Crippen molar-refractivity contribution in [2.45, 2.75) is 26.7 Å². The summed E-state index contributed by atoms with van der Waals surface area (Å²) in [6.45, 7) is 6.12. The number of carbonyl (C=O) groups is 1. The van der Waals surface area contributed by atoms with Gasteiger partial charge >= 0.3 is 0 Å². The Labute approximate surface area is 160 Å². The van der Waals surface area contributed by atoms with Crippen molar-refractivity contribution < 1.29 is 9.53 Å². The molecule has 0 bridgehead atoms. The monoisotopic (exact) mass is 368 g/mol. The molecule has 136 valence electrons. The molecule has 0 aromatic heterocycles. The molecule has 0 aliphatic carbocycles. The summed E-state index contributed by atoms with van der Waals surface area (Å²) >= 11 is 5.54. The predicted molar refractivity (Wildman–Crippen MR) is 109 cm³/mol. The van der Waals surface area contributed by atoms with Crippen LogP contribution >= 0.6 is 12.2 Å². The summed E-state index contributed by atoms with van der Waals surface area (Å²) < 4.78 is 5.59. The van der Waals surface area contributed by atoms with Crippen molar-refractivity contribution in [2.75, 3.05) is 25.0 Å². The van der Waals surface area contributed by atoms with E-state index in [9.17, 15) is 4.79 Å². The number of amides is 1. The van der Waals surface area contributed by atoms with Gasteiger partial charge in [-0.2, -0.15) is 0 Å². The van der Waals surface area contributed by atoms with E-state index in [0.29, 0.717) is 5.75 Å². The van der Waals surface area contributed by atoms with Crippen LogP contribution in [0.3, 0.4) is 0 Å². The van der Waals surface area contributed by atoms with Crippen LogP contribution in [-0.4, -0.2) is 35.5 Å². The fourth-order valence-electron chi connectivity index (χ4n) is 2.96. The third kappa shape index (κ3) is 4.61. The molecule has 1 heterocycles. The maximum Gasteiger partial charge on any atom is 0.262 e. The summed E-state index contributed by atoms with van der Waals surface area (Å²) in [4.78, 5) is 15.2. The lowest BCUT2D eigenvalue weighted by Crippen LogP contribution is -2.26. The standard InChI is InChI=1S/C21H24N2O2S/c1-15-5-8-18(13-16(15)2)22-20(24)14-25-19-9-6-17(7-10-19)21(26)23-11-3-4-12-23/h5-10,13H,3-4,11-12,14H2,1-2H3,(H,22,24). The Bertz CT molecular complexity index is 796. The fourth-order valence-corrected chi connectivity index (χ4v) is 3.28. The molecule has 1 aliphatic heterocycles. The van der Waals surface area contributed by atoms with E-state index in [2.05, 4.69) is 10.2 Å². The number of nitrogens with one attached hydrogen (secondary N) is 1. The summed E-state index contributed by atoms with van der Waals surface area (Å²) in [5, 5.41) is 2.86. The van der Waals surface area contributed by atoms with Crippen molar-refractivity contribution in [3.05, 3.63) is 59.2 Å². The molecule has 1 N–H and O–H groups in total. The molecule has 0 spiro atoms. The number of anilines is 1. The molecule has 2 aromatic rings. The fraction of sp³-hybridized carbons (Fsp3) is 0.333. The first-order valence-corrected chi connectivity index (χ1v) is 9.33. The van der Waals surface area contributed by atoms with Crippen molar-refractivity contribution in [1.29, 1.82) is 0 Å². The molecule has 5 heteroatoms. The normalized spacial score (nSPS) is 13.5. The zero-order valence-corrected chi connectivity index (χ0v) is 16.1. The second-order valence-corrected chi connectivity index (χ2v) is 7.05. The van der Waals surface area contributed by atoms with Crippen molar-refractivity contribution >= 4 is 28.8 Å². The van der Waals surface area contributed by atoms with E-state index in [0.717, 1.165) is 34.9 Å². The number of ether oxygens (including phenoxy) is 1. The lowest BCUT2D eigenvalue weighted by Gasteiger charge is -2.18. The molecule has 1 saturated heterocycles. The van der Waals surface area contributed by atoms with Gasteiger partial charge in [0.2, 0.25) is 0 Å². The van der Waals surface area contributed by atoms with Gasteiger partial charge in [-0.3, -0.25) is 4.79 Å². The summed E-state index contributed by atoms with van der Waals surface area (Å²) in [7, 11) is 0. The zero-order valence-electron chi connectivity index (χ0n) is 15.2. The Morgan fingerprint density at radius 2 is 1.77 bits per heavy atom. The molecule has 1 amide bonds. The molecule has 0 saturated carbocycles. The van der Waals surface area contributed by atoms with Crippen LogP contribution in [0.15, 0.2) is 42.5 Å². The van der Waals surface area contributed by atoms with E-state index in [1.807, 2.05) is 56.3 Å². The summed E-state index contributed by atoms with van der Waals surface area (Å²) in [5.41, 5.74) is 4.15.